The Morgan fingerprint density at radius 1 is 1.44 bits per heavy atom. The Labute approximate surface area is 148 Å². The van der Waals surface area contributed by atoms with Crippen molar-refractivity contribution in [1.82, 2.24) is 4.98 Å². The van der Waals surface area contributed by atoms with Crippen LogP contribution in [0.2, 0.25) is 0 Å². The molecule has 8 nitrogen and oxygen atoms in total. The highest BCUT2D eigenvalue weighted by Crippen LogP contribution is 2.34. The number of rotatable bonds is 5. The fourth-order valence-corrected chi connectivity index (χ4v) is 3.79. The molecule has 0 atom stereocenters. The van der Waals surface area contributed by atoms with Crippen LogP contribution in [0, 0.1) is 0 Å². The first kappa shape index (κ1) is 17.4. The van der Waals surface area contributed by atoms with Crippen LogP contribution >= 0.6 is 11.3 Å². The zero-order valence-electron chi connectivity index (χ0n) is 13.3. The fourth-order valence-electron chi connectivity index (χ4n) is 2.35. The summed E-state index contributed by atoms with van der Waals surface area (Å²) in [4.78, 5) is 29.5. The van der Waals surface area contributed by atoms with Gasteiger partial charge in [0, 0.05) is 17.6 Å². The van der Waals surface area contributed by atoms with Gasteiger partial charge in [0.15, 0.2) is 20.7 Å². The number of carbonyl (C=O) groups excluding carboxylic acids is 2. The molecule has 1 aromatic heterocycles. The van der Waals surface area contributed by atoms with Gasteiger partial charge in [0.05, 0.1) is 22.9 Å². The van der Waals surface area contributed by atoms with Gasteiger partial charge in [-0.1, -0.05) is 6.92 Å². The van der Waals surface area contributed by atoms with Crippen LogP contribution in [-0.2, 0) is 19.4 Å². The smallest absolute Gasteiger partial charge is 0.331 e. The van der Waals surface area contributed by atoms with Crippen LogP contribution in [0.15, 0.2) is 34.7 Å². The highest BCUT2D eigenvalue weighted by atomic mass is 32.2. The molecule has 132 valence electrons. The number of nitrogens with zero attached hydrogens (tertiary/aromatic N) is 2. The molecule has 0 aliphatic carbocycles. The number of anilines is 2. The van der Waals surface area contributed by atoms with Crippen molar-refractivity contribution in [3.8, 4) is 5.75 Å². The SMILES string of the molecule is CCS(=O)(=O)c1ccc2c(c1)OC(=O)CN2CC(=O)Nc1nccs1. The Kier molecular flexibility index (Phi) is 4.73. The number of ether oxygens (including phenoxy) is 1. The lowest BCUT2D eigenvalue weighted by Crippen LogP contribution is -2.41. The second-order valence-electron chi connectivity index (χ2n) is 5.25. The van der Waals surface area contributed by atoms with E-state index in [1.165, 1.54) is 35.3 Å². The lowest BCUT2D eigenvalue weighted by molar-refractivity contribution is -0.133. The van der Waals surface area contributed by atoms with E-state index in [0.29, 0.717) is 10.8 Å². The molecule has 1 N–H and O–H groups in total. The molecule has 1 aromatic carbocycles. The number of sulfone groups is 1. The molecule has 1 aliphatic heterocycles. The molecule has 10 heteroatoms. The number of benzene rings is 1. The first-order valence-corrected chi connectivity index (χ1v) is 9.94. The number of hydrogen-bond donors (Lipinski definition) is 1. The average molecular weight is 381 g/mol. The summed E-state index contributed by atoms with van der Waals surface area (Å²) in [5.41, 5.74) is 0.490. The molecular weight excluding hydrogens is 366 g/mol. The standard InChI is InChI=1S/C15H15N3O5S2/c1-2-25(21,22)10-3-4-11-12(7-10)23-14(20)9-18(11)8-13(19)17-15-16-5-6-24-15/h3-7H,2,8-9H2,1H3,(H,16,17,19). The van der Waals surface area contributed by atoms with Crippen LogP contribution in [0.4, 0.5) is 10.8 Å². The molecule has 0 saturated carbocycles. The van der Waals surface area contributed by atoms with E-state index in [-0.39, 0.29) is 35.4 Å². The number of esters is 1. The number of nitrogens with one attached hydrogen (secondary N) is 1. The van der Waals surface area contributed by atoms with Gasteiger partial charge < -0.3 is 15.0 Å². The molecule has 0 spiro atoms. The highest BCUT2D eigenvalue weighted by Gasteiger charge is 2.27. The Hall–Kier alpha value is -2.46. The van der Waals surface area contributed by atoms with Gasteiger partial charge in [0.1, 0.15) is 6.54 Å². The second-order valence-corrected chi connectivity index (χ2v) is 8.42. The van der Waals surface area contributed by atoms with E-state index in [2.05, 4.69) is 10.3 Å². The van der Waals surface area contributed by atoms with E-state index in [0.717, 1.165) is 0 Å². The number of thiazole rings is 1. The maximum atomic E-state index is 12.1. The van der Waals surface area contributed by atoms with Gasteiger partial charge in [-0.05, 0) is 12.1 Å². The summed E-state index contributed by atoms with van der Waals surface area (Å²) in [6.07, 6.45) is 1.57. The van der Waals surface area contributed by atoms with Crippen molar-refractivity contribution in [1.29, 1.82) is 0 Å². The third-order valence-corrected chi connectivity index (χ3v) is 5.99. The van der Waals surface area contributed by atoms with E-state index in [9.17, 15) is 18.0 Å². The van der Waals surface area contributed by atoms with Gasteiger partial charge in [-0.3, -0.25) is 4.79 Å². The van der Waals surface area contributed by atoms with Crippen LogP contribution in [0.1, 0.15) is 6.92 Å². The summed E-state index contributed by atoms with van der Waals surface area (Å²) in [7, 11) is -3.42. The third-order valence-electron chi connectivity index (χ3n) is 3.57. The predicted molar refractivity (Wildman–Crippen MR) is 92.8 cm³/mol. The molecule has 2 heterocycles. The molecule has 0 radical (unpaired) electrons. The van der Waals surface area contributed by atoms with Crippen LogP contribution in [0.5, 0.6) is 5.75 Å². The van der Waals surface area contributed by atoms with Gasteiger partial charge in [0.2, 0.25) is 5.91 Å². The van der Waals surface area contributed by atoms with E-state index < -0.39 is 15.8 Å². The van der Waals surface area contributed by atoms with Crippen molar-refractivity contribution in [2.75, 3.05) is 29.1 Å². The molecule has 3 rings (SSSR count). The zero-order chi connectivity index (χ0) is 18.0. The fraction of sp³-hybridized carbons (Fsp3) is 0.267. The van der Waals surface area contributed by atoms with Crippen molar-refractivity contribution < 1.29 is 22.7 Å². The molecule has 1 amide bonds. The summed E-state index contributed by atoms with van der Waals surface area (Å²) in [6.45, 7) is 1.36. The highest BCUT2D eigenvalue weighted by molar-refractivity contribution is 7.91. The van der Waals surface area contributed by atoms with Gasteiger partial charge in [-0.15, -0.1) is 11.3 Å². The first-order valence-electron chi connectivity index (χ1n) is 7.41. The molecule has 0 bridgehead atoms. The van der Waals surface area contributed by atoms with Crippen molar-refractivity contribution in [2.24, 2.45) is 0 Å². The number of hydrogen-bond acceptors (Lipinski definition) is 8. The maximum absolute atomic E-state index is 12.1. The summed E-state index contributed by atoms with van der Waals surface area (Å²) < 4.78 is 29.1. The van der Waals surface area contributed by atoms with Crippen molar-refractivity contribution in [3.63, 3.8) is 0 Å². The summed E-state index contributed by atoms with van der Waals surface area (Å²) >= 11 is 1.29. The minimum Gasteiger partial charge on any atom is -0.423 e. The molecule has 1 aliphatic rings. The average Bonchev–Trinajstić information content (AvgIpc) is 3.06. The van der Waals surface area contributed by atoms with E-state index >= 15 is 0 Å². The zero-order valence-corrected chi connectivity index (χ0v) is 14.9. The van der Waals surface area contributed by atoms with Gasteiger partial charge in [-0.25, -0.2) is 18.2 Å². The topological polar surface area (TPSA) is 106 Å². The second kappa shape index (κ2) is 6.81. The molecule has 0 fully saturated rings. The third kappa shape index (κ3) is 3.80. The predicted octanol–water partition coefficient (Wildman–Crippen LogP) is 1.30. The van der Waals surface area contributed by atoms with Crippen LogP contribution in [0.25, 0.3) is 0 Å². The molecule has 2 aromatic rings. The Bertz CT molecular complexity index is 909. The number of amides is 1. The van der Waals surface area contributed by atoms with Crippen molar-refractivity contribution in [2.45, 2.75) is 11.8 Å². The number of fused-ring (bicyclic) bond motifs is 1. The lowest BCUT2D eigenvalue weighted by Gasteiger charge is -2.29. The summed E-state index contributed by atoms with van der Waals surface area (Å²) in [5, 5.41) is 4.84. The van der Waals surface area contributed by atoms with Crippen LogP contribution in [-0.4, -0.2) is 44.1 Å². The molecule has 25 heavy (non-hydrogen) atoms. The van der Waals surface area contributed by atoms with E-state index in [4.69, 9.17) is 4.74 Å². The van der Waals surface area contributed by atoms with Gasteiger partial charge in [0.25, 0.3) is 0 Å². The van der Waals surface area contributed by atoms with Crippen molar-refractivity contribution >= 4 is 43.9 Å². The Morgan fingerprint density at radius 2 is 2.24 bits per heavy atom. The maximum Gasteiger partial charge on any atom is 0.331 e. The largest absolute Gasteiger partial charge is 0.423 e. The number of carbonyl (C=O) groups is 2. The monoisotopic (exact) mass is 381 g/mol. The minimum absolute atomic E-state index is 0.0559. The van der Waals surface area contributed by atoms with Crippen molar-refractivity contribution in [3.05, 3.63) is 29.8 Å². The van der Waals surface area contributed by atoms with Gasteiger partial charge >= 0.3 is 5.97 Å². The first-order chi connectivity index (χ1) is 11.9. The van der Waals surface area contributed by atoms with E-state index in [1.54, 1.807) is 17.6 Å². The summed E-state index contributed by atoms with van der Waals surface area (Å²) in [5.74, 6) is -0.811. The summed E-state index contributed by atoms with van der Waals surface area (Å²) in [6, 6.07) is 4.31. The Balaban J connectivity index is 1.83. The molecule has 0 saturated heterocycles. The molecular formula is C15H15N3O5S2. The minimum atomic E-state index is -3.42. The Morgan fingerprint density at radius 3 is 2.92 bits per heavy atom. The van der Waals surface area contributed by atoms with E-state index in [1.807, 2.05) is 0 Å². The number of aromatic nitrogens is 1. The van der Waals surface area contributed by atoms with Crippen LogP contribution < -0.4 is 15.0 Å². The lowest BCUT2D eigenvalue weighted by atomic mass is 10.2. The quantitative estimate of drug-likeness (QED) is 0.615. The normalized spacial score (nSPS) is 14.0. The molecule has 0 unspecified atom stereocenters. The van der Waals surface area contributed by atoms with Crippen LogP contribution in [0.3, 0.4) is 0 Å². The van der Waals surface area contributed by atoms with Gasteiger partial charge in [-0.2, -0.15) is 0 Å².